The molecule has 1 aromatic carbocycles. The van der Waals surface area contributed by atoms with Crippen molar-refractivity contribution in [3.05, 3.63) is 42.5 Å². The molecule has 1 heterocycles. The highest BCUT2D eigenvalue weighted by Gasteiger charge is 2.23. The van der Waals surface area contributed by atoms with Crippen LogP contribution < -0.4 is 4.90 Å². The van der Waals surface area contributed by atoms with Crippen LogP contribution in [0.2, 0.25) is 0 Å². The average Bonchev–Trinajstić information content (AvgIpc) is 2.47. The quantitative estimate of drug-likeness (QED) is 0.595. The van der Waals surface area contributed by atoms with Gasteiger partial charge in [0.2, 0.25) is 5.91 Å². The number of carbonyl (C=O) groups is 1. The van der Waals surface area contributed by atoms with Crippen LogP contribution in [0.3, 0.4) is 0 Å². The standard InChI is InChI=1S/C11H11NO/c1-9-7-11(13)12(8-9)10-5-3-2-4-6-10/h2-6H,1,7-8H2. The lowest BCUT2D eigenvalue weighted by atomic mass is 10.3. The smallest absolute Gasteiger partial charge is 0.231 e. The van der Waals surface area contributed by atoms with Gasteiger partial charge in [-0.05, 0) is 17.7 Å². The van der Waals surface area contributed by atoms with E-state index in [2.05, 4.69) is 6.58 Å². The van der Waals surface area contributed by atoms with Crippen molar-refractivity contribution in [3.8, 4) is 0 Å². The predicted molar refractivity (Wildman–Crippen MR) is 52.6 cm³/mol. The first-order valence-corrected chi connectivity index (χ1v) is 4.29. The largest absolute Gasteiger partial charge is 0.308 e. The molecule has 1 aliphatic heterocycles. The summed E-state index contributed by atoms with van der Waals surface area (Å²) in [7, 11) is 0. The van der Waals surface area contributed by atoms with Crippen molar-refractivity contribution >= 4 is 11.6 Å². The fourth-order valence-corrected chi connectivity index (χ4v) is 1.52. The minimum Gasteiger partial charge on any atom is -0.308 e. The molecule has 2 heteroatoms. The molecule has 0 atom stereocenters. The van der Waals surface area contributed by atoms with Crippen molar-refractivity contribution in [2.75, 3.05) is 11.4 Å². The van der Waals surface area contributed by atoms with Gasteiger partial charge in [0.05, 0.1) is 0 Å². The molecule has 1 amide bonds. The third kappa shape index (κ3) is 1.47. The first-order chi connectivity index (χ1) is 6.27. The highest BCUT2D eigenvalue weighted by atomic mass is 16.2. The first kappa shape index (κ1) is 8.05. The van der Waals surface area contributed by atoms with Gasteiger partial charge in [-0.15, -0.1) is 0 Å². The number of carbonyl (C=O) groups excluding carboxylic acids is 1. The van der Waals surface area contributed by atoms with Crippen molar-refractivity contribution in [1.29, 1.82) is 0 Å². The number of para-hydroxylation sites is 1. The normalized spacial score (nSPS) is 16.8. The van der Waals surface area contributed by atoms with E-state index >= 15 is 0 Å². The fraction of sp³-hybridized carbons (Fsp3) is 0.182. The van der Waals surface area contributed by atoms with E-state index in [0.717, 1.165) is 11.3 Å². The number of benzene rings is 1. The van der Waals surface area contributed by atoms with Gasteiger partial charge < -0.3 is 4.90 Å². The molecule has 0 bridgehead atoms. The number of rotatable bonds is 1. The molecule has 0 aromatic heterocycles. The monoisotopic (exact) mass is 173 g/mol. The molecule has 1 fully saturated rings. The molecule has 66 valence electrons. The second-order valence-corrected chi connectivity index (χ2v) is 3.24. The Bertz CT molecular complexity index is 342. The third-order valence-corrected chi connectivity index (χ3v) is 2.15. The van der Waals surface area contributed by atoms with Gasteiger partial charge in [0, 0.05) is 18.7 Å². The zero-order valence-corrected chi connectivity index (χ0v) is 7.36. The van der Waals surface area contributed by atoms with Gasteiger partial charge in [-0.1, -0.05) is 24.8 Å². The molecule has 0 unspecified atom stereocenters. The second-order valence-electron chi connectivity index (χ2n) is 3.24. The summed E-state index contributed by atoms with van der Waals surface area (Å²) in [5.74, 6) is 0.149. The van der Waals surface area contributed by atoms with E-state index < -0.39 is 0 Å². The van der Waals surface area contributed by atoms with E-state index in [1.807, 2.05) is 30.3 Å². The zero-order chi connectivity index (χ0) is 9.26. The maximum atomic E-state index is 11.5. The van der Waals surface area contributed by atoms with Crippen LogP contribution in [0, 0.1) is 0 Å². The summed E-state index contributed by atoms with van der Waals surface area (Å²) in [4.78, 5) is 13.2. The summed E-state index contributed by atoms with van der Waals surface area (Å²) in [6, 6.07) is 9.69. The Morgan fingerprint density at radius 1 is 1.23 bits per heavy atom. The highest BCUT2D eigenvalue weighted by molar-refractivity contribution is 5.98. The average molecular weight is 173 g/mol. The first-order valence-electron chi connectivity index (χ1n) is 4.29. The molecule has 2 nitrogen and oxygen atoms in total. The Hall–Kier alpha value is -1.57. The highest BCUT2D eigenvalue weighted by Crippen LogP contribution is 2.22. The van der Waals surface area contributed by atoms with Gasteiger partial charge in [-0.25, -0.2) is 0 Å². The molecule has 1 saturated heterocycles. The van der Waals surface area contributed by atoms with E-state index in [0.29, 0.717) is 13.0 Å². The van der Waals surface area contributed by atoms with Gasteiger partial charge in [-0.2, -0.15) is 0 Å². The summed E-state index contributed by atoms with van der Waals surface area (Å²) < 4.78 is 0. The maximum absolute atomic E-state index is 11.5. The van der Waals surface area contributed by atoms with Crippen molar-refractivity contribution in [3.63, 3.8) is 0 Å². The van der Waals surface area contributed by atoms with Crippen molar-refractivity contribution < 1.29 is 4.79 Å². The number of nitrogens with zero attached hydrogens (tertiary/aromatic N) is 1. The van der Waals surface area contributed by atoms with Crippen LogP contribution in [0.1, 0.15) is 6.42 Å². The molecule has 13 heavy (non-hydrogen) atoms. The zero-order valence-electron chi connectivity index (χ0n) is 7.36. The maximum Gasteiger partial charge on any atom is 0.231 e. The lowest BCUT2D eigenvalue weighted by molar-refractivity contribution is -0.116. The van der Waals surface area contributed by atoms with Crippen molar-refractivity contribution in [2.24, 2.45) is 0 Å². The Balaban J connectivity index is 2.28. The van der Waals surface area contributed by atoms with Gasteiger partial charge in [0.25, 0.3) is 0 Å². The summed E-state index contributed by atoms with van der Waals surface area (Å²) in [6.45, 7) is 4.49. The van der Waals surface area contributed by atoms with Crippen LogP contribution in [0.5, 0.6) is 0 Å². The molecule has 0 N–H and O–H groups in total. The van der Waals surface area contributed by atoms with E-state index in [4.69, 9.17) is 0 Å². The molecule has 0 aliphatic carbocycles. The van der Waals surface area contributed by atoms with Crippen LogP contribution >= 0.6 is 0 Å². The third-order valence-electron chi connectivity index (χ3n) is 2.15. The van der Waals surface area contributed by atoms with Crippen LogP contribution in [0.25, 0.3) is 0 Å². The predicted octanol–water partition coefficient (Wildman–Crippen LogP) is 1.98. The minimum absolute atomic E-state index is 0.149. The van der Waals surface area contributed by atoms with E-state index in [9.17, 15) is 4.79 Å². The van der Waals surface area contributed by atoms with Crippen molar-refractivity contribution in [2.45, 2.75) is 6.42 Å². The minimum atomic E-state index is 0.149. The number of hydrogen-bond acceptors (Lipinski definition) is 1. The van der Waals surface area contributed by atoms with Gasteiger partial charge in [0.1, 0.15) is 0 Å². The second kappa shape index (κ2) is 3.05. The fourth-order valence-electron chi connectivity index (χ4n) is 1.52. The topological polar surface area (TPSA) is 20.3 Å². The van der Waals surface area contributed by atoms with Crippen LogP contribution in [0.15, 0.2) is 42.5 Å². The number of hydrogen-bond donors (Lipinski definition) is 0. The van der Waals surface area contributed by atoms with Crippen LogP contribution in [-0.2, 0) is 4.79 Å². The Morgan fingerprint density at radius 3 is 2.46 bits per heavy atom. The van der Waals surface area contributed by atoms with E-state index in [1.54, 1.807) is 4.90 Å². The lowest BCUT2D eigenvalue weighted by Crippen LogP contribution is -2.23. The van der Waals surface area contributed by atoms with E-state index in [-0.39, 0.29) is 5.91 Å². The van der Waals surface area contributed by atoms with E-state index in [1.165, 1.54) is 0 Å². The summed E-state index contributed by atoms with van der Waals surface area (Å²) in [6.07, 6.45) is 0.495. The molecule has 1 aromatic rings. The summed E-state index contributed by atoms with van der Waals surface area (Å²) >= 11 is 0. The van der Waals surface area contributed by atoms with Crippen LogP contribution in [0.4, 0.5) is 5.69 Å². The molecule has 0 spiro atoms. The molecular formula is C11H11NO. The summed E-state index contributed by atoms with van der Waals surface area (Å²) in [5, 5.41) is 0. The molecular weight excluding hydrogens is 162 g/mol. The molecule has 1 aliphatic rings. The molecule has 2 rings (SSSR count). The molecule has 0 radical (unpaired) electrons. The van der Waals surface area contributed by atoms with Gasteiger partial charge >= 0.3 is 0 Å². The Morgan fingerprint density at radius 2 is 1.92 bits per heavy atom. The number of anilines is 1. The Labute approximate surface area is 77.5 Å². The number of amides is 1. The lowest BCUT2D eigenvalue weighted by Gasteiger charge is -2.14. The summed E-state index contributed by atoms with van der Waals surface area (Å²) in [5.41, 5.74) is 1.96. The van der Waals surface area contributed by atoms with Gasteiger partial charge in [-0.3, -0.25) is 4.79 Å². The Kier molecular flexibility index (Phi) is 1.89. The van der Waals surface area contributed by atoms with Gasteiger partial charge in [0.15, 0.2) is 0 Å². The SMILES string of the molecule is C=C1CC(=O)N(c2ccccc2)C1. The van der Waals surface area contributed by atoms with Crippen molar-refractivity contribution in [1.82, 2.24) is 0 Å². The van der Waals surface area contributed by atoms with Crippen LogP contribution in [-0.4, -0.2) is 12.5 Å². The molecule has 0 saturated carbocycles.